The molecule has 3 heterocycles. The van der Waals surface area contributed by atoms with E-state index in [1.54, 1.807) is 0 Å². The third kappa shape index (κ3) is 2.59. The average Bonchev–Trinajstić information content (AvgIpc) is 2.88. The van der Waals surface area contributed by atoms with Crippen LogP contribution in [0.4, 0.5) is 0 Å². The Labute approximate surface area is 118 Å². The number of rotatable bonds is 2. The van der Waals surface area contributed by atoms with Crippen LogP contribution in [-0.2, 0) is 6.54 Å². The number of likely N-dealkylation sites (tertiary alicyclic amines) is 1. The third-order valence-electron chi connectivity index (χ3n) is 3.75. The zero-order chi connectivity index (χ0) is 13.9. The van der Waals surface area contributed by atoms with Crippen molar-refractivity contribution < 1.29 is 0 Å². The highest BCUT2D eigenvalue weighted by Gasteiger charge is 2.17. The van der Waals surface area contributed by atoms with E-state index in [0.29, 0.717) is 18.4 Å². The zero-order valence-electron chi connectivity index (χ0n) is 11.7. The van der Waals surface area contributed by atoms with Gasteiger partial charge in [-0.3, -0.25) is 4.40 Å². The molecule has 2 aromatic heterocycles. The Morgan fingerprint density at radius 2 is 2.35 bits per heavy atom. The van der Waals surface area contributed by atoms with Gasteiger partial charge in [0.2, 0.25) is 0 Å². The fourth-order valence-electron chi connectivity index (χ4n) is 2.65. The maximum atomic E-state index is 6.09. The van der Waals surface area contributed by atoms with Crippen LogP contribution in [0, 0.1) is 5.92 Å². The van der Waals surface area contributed by atoms with Crippen LogP contribution in [-0.4, -0.2) is 38.5 Å². The summed E-state index contributed by atoms with van der Waals surface area (Å²) in [6.45, 7) is 4.71. The molecule has 6 heteroatoms. The first-order valence-electron chi connectivity index (χ1n) is 7.07. The molecule has 0 radical (unpaired) electrons. The Bertz CT molecular complexity index is 617. The Kier molecular flexibility index (Phi) is 3.54. The lowest BCUT2D eigenvalue weighted by atomic mass is 10.0. The first kappa shape index (κ1) is 12.9. The van der Waals surface area contributed by atoms with Gasteiger partial charge in [-0.1, -0.05) is 13.0 Å². The minimum Gasteiger partial charge on any atom is -0.370 e. The minimum absolute atomic E-state index is 0.460. The van der Waals surface area contributed by atoms with Crippen molar-refractivity contribution in [1.29, 1.82) is 0 Å². The van der Waals surface area contributed by atoms with E-state index in [4.69, 9.17) is 5.73 Å². The topological polar surface area (TPSA) is 71.8 Å². The monoisotopic (exact) mass is 272 g/mol. The van der Waals surface area contributed by atoms with Crippen LogP contribution < -0.4 is 5.73 Å². The van der Waals surface area contributed by atoms with Crippen LogP contribution in [0.3, 0.4) is 0 Å². The van der Waals surface area contributed by atoms with E-state index < -0.39 is 0 Å². The number of fused-ring (bicyclic) bond motifs is 1. The Morgan fingerprint density at radius 1 is 1.45 bits per heavy atom. The second kappa shape index (κ2) is 5.48. The van der Waals surface area contributed by atoms with Gasteiger partial charge in [-0.05, 0) is 30.9 Å². The van der Waals surface area contributed by atoms with Gasteiger partial charge in [0.15, 0.2) is 17.4 Å². The molecular formula is C14H20N6. The lowest BCUT2D eigenvalue weighted by Crippen LogP contribution is -2.43. The van der Waals surface area contributed by atoms with E-state index in [-0.39, 0.29) is 0 Å². The molecule has 1 unspecified atom stereocenters. The molecule has 1 aliphatic heterocycles. The highest BCUT2D eigenvalue weighted by Crippen LogP contribution is 2.15. The SMILES string of the molecule is CC1CCCN(C(N)=NCc2nnc3ccccn23)C1. The van der Waals surface area contributed by atoms with Crippen molar-refractivity contribution in [1.82, 2.24) is 19.5 Å². The number of nitrogens with two attached hydrogens (primary N) is 1. The summed E-state index contributed by atoms with van der Waals surface area (Å²) in [6.07, 6.45) is 4.41. The molecule has 1 saturated heterocycles. The second-order valence-electron chi connectivity index (χ2n) is 5.41. The van der Waals surface area contributed by atoms with E-state index in [2.05, 4.69) is 27.0 Å². The first-order chi connectivity index (χ1) is 9.74. The van der Waals surface area contributed by atoms with Gasteiger partial charge in [0, 0.05) is 19.3 Å². The van der Waals surface area contributed by atoms with Crippen LogP contribution in [0.15, 0.2) is 29.4 Å². The van der Waals surface area contributed by atoms with E-state index in [0.717, 1.165) is 24.6 Å². The van der Waals surface area contributed by atoms with E-state index in [1.807, 2.05) is 28.8 Å². The van der Waals surface area contributed by atoms with Gasteiger partial charge in [-0.2, -0.15) is 0 Å². The lowest BCUT2D eigenvalue weighted by Gasteiger charge is -2.31. The smallest absolute Gasteiger partial charge is 0.191 e. The summed E-state index contributed by atoms with van der Waals surface area (Å²) in [4.78, 5) is 6.64. The van der Waals surface area contributed by atoms with Crippen LogP contribution in [0.5, 0.6) is 0 Å². The van der Waals surface area contributed by atoms with Crippen LogP contribution in [0.2, 0.25) is 0 Å². The molecule has 1 atom stereocenters. The summed E-state index contributed by atoms with van der Waals surface area (Å²) in [5, 5.41) is 8.27. The molecule has 2 N–H and O–H groups in total. The maximum Gasteiger partial charge on any atom is 0.191 e. The van der Waals surface area contributed by atoms with Crippen molar-refractivity contribution in [3.05, 3.63) is 30.2 Å². The summed E-state index contributed by atoms with van der Waals surface area (Å²) < 4.78 is 1.94. The molecule has 0 amide bonds. The van der Waals surface area contributed by atoms with Gasteiger partial charge in [-0.25, -0.2) is 4.99 Å². The molecular weight excluding hydrogens is 252 g/mol. The van der Waals surface area contributed by atoms with Crippen LogP contribution >= 0.6 is 0 Å². The van der Waals surface area contributed by atoms with Gasteiger partial charge in [0.1, 0.15) is 6.54 Å². The number of hydrogen-bond donors (Lipinski definition) is 1. The highest BCUT2D eigenvalue weighted by molar-refractivity contribution is 5.78. The fraction of sp³-hybridized carbons (Fsp3) is 0.500. The van der Waals surface area contributed by atoms with Gasteiger partial charge in [0.05, 0.1) is 0 Å². The molecule has 1 aliphatic rings. The quantitative estimate of drug-likeness (QED) is 0.660. The average molecular weight is 272 g/mol. The molecule has 0 spiro atoms. The fourth-order valence-corrected chi connectivity index (χ4v) is 2.65. The summed E-state index contributed by atoms with van der Waals surface area (Å²) in [5.74, 6) is 2.12. The summed E-state index contributed by atoms with van der Waals surface area (Å²) >= 11 is 0. The summed E-state index contributed by atoms with van der Waals surface area (Å²) in [7, 11) is 0. The molecule has 3 rings (SSSR count). The van der Waals surface area contributed by atoms with E-state index in [1.165, 1.54) is 12.8 Å². The molecule has 0 aromatic carbocycles. The summed E-state index contributed by atoms with van der Waals surface area (Å²) in [5.41, 5.74) is 6.93. The predicted octanol–water partition coefficient (Wildman–Crippen LogP) is 1.28. The van der Waals surface area contributed by atoms with Crippen molar-refractivity contribution in [2.24, 2.45) is 16.6 Å². The normalized spacial score (nSPS) is 20.6. The Balaban J connectivity index is 1.73. The van der Waals surface area contributed by atoms with Crippen LogP contribution in [0.25, 0.3) is 5.65 Å². The minimum atomic E-state index is 0.460. The standard InChI is InChI=1S/C14H20N6/c1-11-5-4-7-19(10-11)14(15)16-9-13-18-17-12-6-2-3-8-20(12)13/h2-3,6,8,11H,4-5,7,9-10H2,1H3,(H2,15,16). The number of aromatic nitrogens is 3. The number of pyridine rings is 1. The second-order valence-corrected chi connectivity index (χ2v) is 5.41. The molecule has 106 valence electrons. The number of piperidine rings is 1. The van der Waals surface area contributed by atoms with Gasteiger partial charge >= 0.3 is 0 Å². The van der Waals surface area contributed by atoms with Crippen molar-refractivity contribution in [3.8, 4) is 0 Å². The van der Waals surface area contributed by atoms with Crippen LogP contribution in [0.1, 0.15) is 25.6 Å². The maximum absolute atomic E-state index is 6.09. The largest absolute Gasteiger partial charge is 0.370 e. The predicted molar refractivity (Wildman–Crippen MR) is 78.3 cm³/mol. The third-order valence-corrected chi connectivity index (χ3v) is 3.75. The Morgan fingerprint density at radius 3 is 3.20 bits per heavy atom. The number of nitrogens with zero attached hydrogens (tertiary/aromatic N) is 5. The number of hydrogen-bond acceptors (Lipinski definition) is 3. The van der Waals surface area contributed by atoms with Crippen molar-refractivity contribution in [2.45, 2.75) is 26.3 Å². The first-order valence-corrected chi connectivity index (χ1v) is 7.07. The molecule has 0 saturated carbocycles. The summed E-state index contributed by atoms with van der Waals surface area (Å²) in [6, 6.07) is 5.83. The Hall–Kier alpha value is -2.11. The van der Waals surface area contributed by atoms with Gasteiger partial charge in [-0.15, -0.1) is 10.2 Å². The zero-order valence-corrected chi connectivity index (χ0v) is 11.7. The lowest BCUT2D eigenvalue weighted by molar-refractivity contribution is 0.270. The van der Waals surface area contributed by atoms with E-state index >= 15 is 0 Å². The highest BCUT2D eigenvalue weighted by atomic mass is 15.3. The molecule has 20 heavy (non-hydrogen) atoms. The molecule has 6 nitrogen and oxygen atoms in total. The van der Waals surface area contributed by atoms with Crippen molar-refractivity contribution in [3.63, 3.8) is 0 Å². The van der Waals surface area contributed by atoms with Crippen molar-refractivity contribution in [2.75, 3.05) is 13.1 Å². The molecule has 0 aliphatic carbocycles. The van der Waals surface area contributed by atoms with Crippen molar-refractivity contribution >= 4 is 11.6 Å². The molecule has 1 fully saturated rings. The number of guanidine groups is 1. The van der Waals surface area contributed by atoms with Gasteiger partial charge in [0.25, 0.3) is 0 Å². The molecule has 0 bridgehead atoms. The number of aliphatic imine (C=N–C) groups is 1. The van der Waals surface area contributed by atoms with E-state index in [9.17, 15) is 0 Å². The molecule has 2 aromatic rings. The van der Waals surface area contributed by atoms with Gasteiger partial charge < -0.3 is 10.6 Å².